The van der Waals surface area contributed by atoms with Crippen molar-refractivity contribution in [2.75, 3.05) is 19.1 Å². The number of nitrogens with zero attached hydrogens (tertiary/aromatic N) is 1. The van der Waals surface area contributed by atoms with E-state index in [1.807, 2.05) is 18.2 Å². The minimum absolute atomic E-state index is 0.0701. The second-order valence-corrected chi connectivity index (χ2v) is 3.59. The van der Waals surface area contributed by atoms with E-state index in [0.29, 0.717) is 6.42 Å². The SMILES string of the molecule is C=C1CC(=O)N(C)c2cccc(OC)c21. The highest BCUT2D eigenvalue weighted by molar-refractivity contribution is 6.07. The van der Waals surface area contributed by atoms with Crippen LogP contribution in [0.2, 0.25) is 0 Å². The molecule has 0 saturated heterocycles. The summed E-state index contributed by atoms with van der Waals surface area (Å²) in [4.78, 5) is 13.2. The number of methoxy groups -OCH3 is 1. The zero-order chi connectivity index (χ0) is 11.0. The molecule has 0 spiro atoms. The first kappa shape index (κ1) is 9.77. The smallest absolute Gasteiger partial charge is 0.231 e. The highest BCUT2D eigenvalue weighted by atomic mass is 16.5. The van der Waals surface area contributed by atoms with Crippen molar-refractivity contribution in [3.05, 3.63) is 30.3 Å². The molecule has 0 atom stereocenters. The third-order valence-electron chi connectivity index (χ3n) is 2.68. The lowest BCUT2D eigenvalue weighted by Gasteiger charge is -2.28. The third-order valence-corrected chi connectivity index (χ3v) is 2.68. The molecule has 0 aromatic heterocycles. The van der Waals surface area contributed by atoms with Gasteiger partial charge in [0.1, 0.15) is 5.75 Å². The fourth-order valence-electron chi connectivity index (χ4n) is 1.85. The maximum Gasteiger partial charge on any atom is 0.231 e. The van der Waals surface area contributed by atoms with Crippen LogP contribution in [0.5, 0.6) is 5.75 Å². The molecule has 0 N–H and O–H groups in total. The number of rotatable bonds is 1. The molecule has 0 fully saturated rings. The van der Waals surface area contributed by atoms with Crippen molar-refractivity contribution in [3.63, 3.8) is 0 Å². The predicted molar refractivity (Wildman–Crippen MR) is 60.1 cm³/mol. The van der Waals surface area contributed by atoms with Gasteiger partial charge in [-0.25, -0.2) is 0 Å². The van der Waals surface area contributed by atoms with Crippen LogP contribution in [0.25, 0.3) is 5.57 Å². The van der Waals surface area contributed by atoms with Gasteiger partial charge in [0.25, 0.3) is 0 Å². The van der Waals surface area contributed by atoms with Crippen molar-refractivity contribution >= 4 is 17.2 Å². The highest BCUT2D eigenvalue weighted by Gasteiger charge is 2.25. The number of amides is 1. The van der Waals surface area contributed by atoms with E-state index in [9.17, 15) is 4.79 Å². The molecule has 1 aromatic rings. The molecule has 0 aliphatic carbocycles. The molecular weight excluding hydrogens is 190 g/mol. The number of carbonyl (C=O) groups is 1. The lowest BCUT2D eigenvalue weighted by molar-refractivity contribution is -0.117. The topological polar surface area (TPSA) is 29.5 Å². The van der Waals surface area contributed by atoms with Gasteiger partial charge in [-0.05, 0) is 17.7 Å². The van der Waals surface area contributed by atoms with Crippen molar-refractivity contribution in [2.45, 2.75) is 6.42 Å². The Hall–Kier alpha value is -1.77. The van der Waals surface area contributed by atoms with E-state index in [0.717, 1.165) is 22.6 Å². The molecule has 1 aliphatic heterocycles. The van der Waals surface area contributed by atoms with Gasteiger partial charge in [0.05, 0.1) is 19.2 Å². The minimum atomic E-state index is 0.0701. The summed E-state index contributed by atoms with van der Waals surface area (Å²) in [5.41, 5.74) is 2.64. The van der Waals surface area contributed by atoms with Gasteiger partial charge in [0, 0.05) is 12.6 Å². The predicted octanol–water partition coefficient (Wildman–Crippen LogP) is 2.07. The van der Waals surface area contributed by atoms with Gasteiger partial charge in [-0.1, -0.05) is 12.6 Å². The molecule has 78 valence electrons. The van der Waals surface area contributed by atoms with E-state index in [1.54, 1.807) is 19.1 Å². The van der Waals surface area contributed by atoms with E-state index in [-0.39, 0.29) is 5.91 Å². The Morgan fingerprint density at radius 1 is 1.47 bits per heavy atom. The molecule has 2 rings (SSSR count). The van der Waals surface area contributed by atoms with Crippen LogP contribution in [0, 0.1) is 0 Å². The van der Waals surface area contributed by atoms with E-state index in [1.165, 1.54) is 0 Å². The summed E-state index contributed by atoms with van der Waals surface area (Å²) >= 11 is 0. The number of hydrogen-bond donors (Lipinski definition) is 0. The van der Waals surface area contributed by atoms with Gasteiger partial charge in [-0.2, -0.15) is 0 Å². The Kier molecular flexibility index (Phi) is 2.23. The van der Waals surface area contributed by atoms with Crippen LogP contribution < -0.4 is 9.64 Å². The van der Waals surface area contributed by atoms with Crippen LogP contribution >= 0.6 is 0 Å². The van der Waals surface area contributed by atoms with Crippen LogP contribution in [-0.2, 0) is 4.79 Å². The van der Waals surface area contributed by atoms with Crippen molar-refractivity contribution in [1.82, 2.24) is 0 Å². The summed E-state index contributed by atoms with van der Waals surface area (Å²) in [6.07, 6.45) is 0.365. The van der Waals surface area contributed by atoms with Gasteiger partial charge in [-0.15, -0.1) is 0 Å². The van der Waals surface area contributed by atoms with Crippen LogP contribution in [0.4, 0.5) is 5.69 Å². The van der Waals surface area contributed by atoms with Gasteiger partial charge in [-0.3, -0.25) is 4.79 Å². The first-order valence-corrected chi connectivity index (χ1v) is 4.77. The Bertz CT molecular complexity index is 437. The van der Waals surface area contributed by atoms with E-state index in [4.69, 9.17) is 4.74 Å². The van der Waals surface area contributed by atoms with Crippen molar-refractivity contribution in [3.8, 4) is 5.75 Å². The summed E-state index contributed by atoms with van der Waals surface area (Å²) in [7, 11) is 3.40. The minimum Gasteiger partial charge on any atom is -0.496 e. The molecule has 0 bridgehead atoms. The average Bonchev–Trinajstić information content (AvgIpc) is 2.25. The summed E-state index contributed by atoms with van der Waals surface area (Å²) in [6, 6.07) is 5.66. The van der Waals surface area contributed by atoms with Crippen LogP contribution in [0.15, 0.2) is 24.8 Å². The molecule has 1 heterocycles. The van der Waals surface area contributed by atoms with Crippen LogP contribution in [0.1, 0.15) is 12.0 Å². The second-order valence-electron chi connectivity index (χ2n) is 3.59. The van der Waals surface area contributed by atoms with E-state index < -0.39 is 0 Å². The number of benzene rings is 1. The molecule has 0 radical (unpaired) electrons. The summed E-state index contributed by atoms with van der Waals surface area (Å²) in [5.74, 6) is 0.845. The number of anilines is 1. The number of hydrogen-bond acceptors (Lipinski definition) is 2. The first-order valence-electron chi connectivity index (χ1n) is 4.77. The summed E-state index contributed by atoms with van der Waals surface area (Å²) in [5, 5.41) is 0. The highest BCUT2D eigenvalue weighted by Crippen LogP contribution is 2.39. The lowest BCUT2D eigenvalue weighted by Crippen LogP contribution is -2.30. The maximum absolute atomic E-state index is 11.6. The zero-order valence-electron chi connectivity index (χ0n) is 8.91. The first-order chi connectivity index (χ1) is 7.15. The number of fused-ring (bicyclic) bond motifs is 1. The molecule has 0 unspecified atom stereocenters. The van der Waals surface area contributed by atoms with Crippen molar-refractivity contribution < 1.29 is 9.53 Å². The zero-order valence-corrected chi connectivity index (χ0v) is 8.91. The second kappa shape index (κ2) is 3.42. The maximum atomic E-state index is 11.6. The van der Waals surface area contributed by atoms with Crippen LogP contribution in [0.3, 0.4) is 0 Å². The molecule has 1 amide bonds. The third kappa shape index (κ3) is 1.40. The molecule has 1 aliphatic rings. The largest absolute Gasteiger partial charge is 0.496 e. The number of carbonyl (C=O) groups excluding carboxylic acids is 1. The van der Waals surface area contributed by atoms with Gasteiger partial charge >= 0.3 is 0 Å². The Labute approximate surface area is 89.0 Å². The molecule has 15 heavy (non-hydrogen) atoms. The summed E-state index contributed by atoms with van der Waals surface area (Å²) < 4.78 is 5.27. The lowest BCUT2D eigenvalue weighted by atomic mass is 9.96. The van der Waals surface area contributed by atoms with Crippen molar-refractivity contribution in [2.24, 2.45) is 0 Å². The fourth-order valence-corrected chi connectivity index (χ4v) is 1.85. The Balaban J connectivity index is 2.64. The Morgan fingerprint density at radius 3 is 2.87 bits per heavy atom. The fraction of sp³-hybridized carbons (Fsp3) is 0.250. The standard InChI is InChI=1S/C12H13NO2/c1-8-7-11(14)13(2)9-5-4-6-10(15-3)12(8)9/h4-6H,1,7H2,2-3H3. The summed E-state index contributed by atoms with van der Waals surface area (Å²) in [6.45, 7) is 3.92. The molecule has 1 aromatic carbocycles. The van der Waals surface area contributed by atoms with Crippen molar-refractivity contribution in [1.29, 1.82) is 0 Å². The van der Waals surface area contributed by atoms with E-state index in [2.05, 4.69) is 6.58 Å². The van der Waals surface area contributed by atoms with Gasteiger partial charge in [0.2, 0.25) is 5.91 Å². The Morgan fingerprint density at radius 2 is 2.20 bits per heavy atom. The normalized spacial score (nSPS) is 15.2. The van der Waals surface area contributed by atoms with Crippen LogP contribution in [-0.4, -0.2) is 20.1 Å². The monoisotopic (exact) mass is 203 g/mol. The number of ether oxygens (including phenoxy) is 1. The molecule has 0 saturated carbocycles. The van der Waals surface area contributed by atoms with Gasteiger partial charge < -0.3 is 9.64 Å². The van der Waals surface area contributed by atoms with E-state index >= 15 is 0 Å². The quantitative estimate of drug-likeness (QED) is 0.699. The average molecular weight is 203 g/mol. The van der Waals surface area contributed by atoms with Gasteiger partial charge in [0.15, 0.2) is 0 Å². The molecule has 3 nitrogen and oxygen atoms in total. The molecular formula is C12H13NO2. The molecule has 3 heteroatoms.